The van der Waals surface area contributed by atoms with Gasteiger partial charge in [-0.2, -0.15) is 4.98 Å². The van der Waals surface area contributed by atoms with Crippen LogP contribution in [-0.2, 0) is 5.41 Å². The lowest BCUT2D eigenvalue weighted by Gasteiger charge is -2.39. The number of benzene rings is 1. The van der Waals surface area contributed by atoms with Crippen LogP contribution in [0.4, 0.5) is 0 Å². The van der Waals surface area contributed by atoms with E-state index in [2.05, 4.69) is 34.4 Å². The number of hydrogen-bond donors (Lipinski definition) is 1. The highest BCUT2D eigenvalue weighted by Gasteiger charge is 2.45. The Bertz CT molecular complexity index is 619. The SMILES string of the molecule is OC1CCCC1c1nc(C2(c3ccccc3)CCC2)no1. The Morgan fingerprint density at radius 3 is 2.52 bits per heavy atom. The third-order valence-electron chi connectivity index (χ3n) is 5.20. The van der Waals surface area contributed by atoms with Crippen LogP contribution in [0.5, 0.6) is 0 Å². The standard InChI is InChI=1S/C17H20N2O2/c20-14-9-4-8-13(14)15-18-16(19-21-15)17(10-5-11-17)12-6-2-1-3-7-12/h1-3,6-7,13-14,20H,4-5,8-11H2. The summed E-state index contributed by atoms with van der Waals surface area (Å²) in [7, 11) is 0. The average molecular weight is 284 g/mol. The Labute approximate surface area is 124 Å². The first-order valence-corrected chi connectivity index (χ1v) is 7.87. The molecule has 110 valence electrons. The zero-order valence-electron chi connectivity index (χ0n) is 12.0. The molecule has 4 heteroatoms. The molecular weight excluding hydrogens is 264 g/mol. The monoisotopic (exact) mass is 284 g/mol. The molecule has 2 saturated carbocycles. The number of aromatic nitrogens is 2. The summed E-state index contributed by atoms with van der Waals surface area (Å²) in [6.45, 7) is 0. The van der Waals surface area contributed by atoms with E-state index in [9.17, 15) is 5.11 Å². The molecule has 0 spiro atoms. The molecule has 0 bridgehead atoms. The highest BCUT2D eigenvalue weighted by Crippen LogP contribution is 2.48. The summed E-state index contributed by atoms with van der Waals surface area (Å²) >= 11 is 0. The van der Waals surface area contributed by atoms with Gasteiger partial charge >= 0.3 is 0 Å². The van der Waals surface area contributed by atoms with Gasteiger partial charge in [-0.1, -0.05) is 41.9 Å². The third-order valence-corrected chi connectivity index (χ3v) is 5.20. The predicted molar refractivity (Wildman–Crippen MR) is 78.0 cm³/mol. The van der Waals surface area contributed by atoms with E-state index in [1.54, 1.807) is 0 Å². The first kappa shape index (κ1) is 13.0. The minimum atomic E-state index is -0.327. The molecule has 0 saturated heterocycles. The van der Waals surface area contributed by atoms with Crippen molar-refractivity contribution in [1.29, 1.82) is 0 Å². The van der Waals surface area contributed by atoms with E-state index in [4.69, 9.17) is 4.52 Å². The van der Waals surface area contributed by atoms with Crippen LogP contribution in [0.3, 0.4) is 0 Å². The molecule has 1 aromatic heterocycles. The Morgan fingerprint density at radius 1 is 1.10 bits per heavy atom. The van der Waals surface area contributed by atoms with Crippen LogP contribution >= 0.6 is 0 Å². The predicted octanol–water partition coefficient (Wildman–Crippen LogP) is 3.17. The third kappa shape index (κ3) is 2.01. The first-order valence-electron chi connectivity index (χ1n) is 7.87. The van der Waals surface area contributed by atoms with Crippen molar-refractivity contribution in [2.24, 2.45) is 0 Å². The largest absolute Gasteiger partial charge is 0.392 e. The van der Waals surface area contributed by atoms with Crippen LogP contribution < -0.4 is 0 Å². The van der Waals surface area contributed by atoms with Gasteiger partial charge in [0.1, 0.15) is 0 Å². The Balaban J connectivity index is 1.68. The lowest BCUT2D eigenvalue weighted by molar-refractivity contribution is 0.147. The fraction of sp³-hybridized carbons (Fsp3) is 0.529. The van der Waals surface area contributed by atoms with Crippen molar-refractivity contribution in [3.8, 4) is 0 Å². The fourth-order valence-corrected chi connectivity index (χ4v) is 3.74. The number of aliphatic hydroxyl groups is 1. The molecule has 0 amide bonds. The molecule has 2 aromatic rings. The molecule has 2 aliphatic rings. The fourth-order valence-electron chi connectivity index (χ4n) is 3.74. The quantitative estimate of drug-likeness (QED) is 0.940. The van der Waals surface area contributed by atoms with Gasteiger partial charge in [0.25, 0.3) is 0 Å². The Morgan fingerprint density at radius 2 is 1.90 bits per heavy atom. The smallest absolute Gasteiger partial charge is 0.232 e. The summed E-state index contributed by atoms with van der Waals surface area (Å²) in [6.07, 6.45) is 5.84. The van der Waals surface area contributed by atoms with E-state index in [1.165, 1.54) is 12.0 Å². The van der Waals surface area contributed by atoms with Gasteiger partial charge in [0, 0.05) is 0 Å². The lowest BCUT2D eigenvalue weighted by Crippen LogP contribution is -2.36. The molecule has 2 atom stereocenters. The van der Waals surface area contributed by atoms with E-state index in [0.29, 0.717) is 5.89 Å². The molecule has 4 rings (SSSR count). The van der Waals surface area contributed by atoms with E-state index in [1.807, 2.05) is 6.07 Å². The van der Waals surface area contributed by atoms with Crippen LogP contribution in [0.1, 0.15) is 61.7 Å². The van der Waals surface area contributed by atoms with Crippen LogP contribution in [-0.4, -0.2) is 21.4 Å². The van der Waals surface area contributed by atoms with Crippen molar-refractivity contribution in [3.63, 3.8) is 0 Å². The normalized spacial score (nSPS) is 27.5. The number of hydrogen-bond acceptors (Lipinski definition) is 4. The summed E-state index contributed by atoms with van der Waals surface area (Å²) in [4.78, 5) is 4.68. The molecule has 2 unspecified atom stereocenters. The van der Waals surface area contributed by atoms with Crippen LogP contribution in [0.25, 0.3) is 0 Å². The maximum atomic E-state index is 10.0. The number of aliphatic hydroxyl groups excluding tert-OH is 1. The number of rotatable bonds is 3. The average Bonchev–Trinajstić information content (AvgIpc) is 3.08. The molecule has 2 aliphatic carbocycles. The molecule has 1 N–H and O–H groups in total. The molecule has 0 aliphatic heterocycles. The maximum absolute atomic E-state index is 10.0. The van der Waals surface area contributed by atoms with Crippen molar-refractivity contribution in [2.45, 2.75) is 56.0 Å². The zero-order valence-corrected chi connectivity index (χ0v) is 12.0. The van der Waals surface area contributed by atoms with Gasteiger partial charge in [0.05, 0.1) is 17.4 Å². The molecule has 0 radical (unpaired) electrons. The topological polar surface area (TPSA) is 59.2 Å². The molecule has 21 heavy (non-hydrogen) atoms. The van der Waals surface area contributed by atoms with E-state index < -0.39 is 0 Å². The zero-order chi connectivity index (χ0) is 14.3. The van der Waals surface area contributed by atoms with Gasteiger partial charge in [-0.3, -0.25) is 0 Å². The van der Waals surface area contributed by atoms with Gasteiger partial charge in [-0.05, 0) is 37.7 Å². The van der Waals surface area contributed by atoms with Crippen molar-refractivity contribution in [1.82, 2.24) is 10.1 Å². The summed E-state index contributed by atoms with van der Waals surface area (Å²) in [5, 5.41) is 14.3. The minimum absolute atomic E-state index is 0.0270. The minimum Gasteiger partial charge on any atom is -0.392 e. The molecule has 1 heterocycles. The van der Waals surface area contributed by atoms with E-state index in [0.717, 1.165) is 37.9 Å². The second-order valence-corrected chi connectivity index (χ2v) is 6.36. The van der Waals surface area contributed by atoms with E-state index >= 15 is 0 Å². The van der Waals surface area contributed by atoms with Crippen LogP contribution in [0, 0.1) is 0 Å². The van der Waals surface area contributed by atoms with Gasteiger partial charge in [-0.25, -0.2) is 0 Å². The summed E-state index contributed by atoms with van der Waals surface area (Å²) in [5.41, 5.74) is 1.20. The van der Waals surface area contributed by atoms with Crippen molar-refractivity contribution in [2.75, 3.05) is 0 Å². The van der Waals surface area contributed by atoms with Crippen molar-refractivity contribution in [3.05, 3.63) is 47.6 Å². The summed E-state index contributed by atoms with van der Waals surface area (Å²) < 4.78 is 5.50. The highest BCUT2D eigenvalue weighted by atomic mass is 16.5. The van der Waals surface area contributed by atoms with Crippen molar-refractivity contribution >= 4 is 0 Å². The van der Waals surface area contributed by atoms with Gasteiger partial charge in [0.15, 0.2) is 5.82 Å². The summed E-state index contributed by atoms with van der Waals surface area (Å²) in [6, 6.07) is 10.5. The molecule has 1 aromatic carbocycles. The summed E-state index contributed by atoms with van der Waals surface area (Å²) in [5.74, 6) is 1.45. The maximum Gasteiger partial charge on any atom is 0.232 e. The van der Waals surface area contributed by atoms with Crippen LogP contribution in [0.15, 0.2) is 34.9 Å². The molecular formula is C17H20N2O2. The highest BCUT2D eigenvalue weighted by molar-refractivity contribution is 5.35. The Hall–Kier alpha value is -1.68. The number of nitrogens with zero attached hydrogens (tertiary/aromatic N) is 2. The first-order chi connectivity index (χ1) is 10.3. The van der Waals surface area contributed by atoms with E-state index in [-0.39, 0.29) is 17.4 Å². The molecule has 4 nitrogen and oxygen atoms in total. The second kappa shape index (κ2) is 4.95. The second-order valence-electron chi connectivity index (χ2n) is 6.36. The van der Waals surface area contributed by atoms with Gasteiger partial charge < -0.3 is 9.63 Å². The molecule has 2 fully saturated rings. The van der Waals surface area contributed by atoms with Crippen molar-refractivity contribution < 1.29 is 9.63 Å². The van der Waals surface area contributed by atoms with Crippen LogP contribution in [0.2, 0.25) is 0 Å². The Kier molecular flexibility index (Phi) is 3.07. The lowest BCUT2D eigenvalue weighted by atomic mass is 9.64. The van der Waals surface area contributed by atoms with Gasteiger partial charge in [-0.15, -0.1) is 0 Å². The van der Waals surface area contributed by atoms with Gasteiger partial charge in [0.2, 0.25) is 5.89 Å².